The molecule has 0 aromatic heterocycles. The maximum atomic E-state index is 11.9. The molecule has 15 heavy (non-hydrogen) atoms. The molecule has 0 aliphatic carbocycles. The second-order valence-electron chi connectivity index (χ2n) is 3.81. The molecule has 0 rings (SSSR count). The summed E-state index contributed by atoms with van der Waals surface area (Å²) in [6.07, 6.45) is -4.32. The number of nitrogens with two attached hydrogens (primary N) is 1. The van der Waals surface area contributed by atoms with Gasteiger partial charge in [-0.25, -0.2) is 0 Å². The van der Waals surface area contributed by atoms with Gasteiger partial charge in [-0.2, -0.15) is 13.2 Å². The van der Waals surface area contributed by atoms with Crippen LogP contribution in [0.1, 0.15) is 26.2 Å². The van der Waals surface area contributed by atoms with Crippen LogP contribution in [0.15, 0.2) is 0 Å². The third-order valence-electron chi connectivity index (χ3n) is 2.15. The first-order valence-electron chi connectivity index (χ1n) is 4.91. The molecule has 2 unspecified atom stereocenters. The Morgan fingerprint density at radius 2 is 2.00 bits per heavy atom. The molecule has 0 bridgehead atoms. The molecule has 0 aromatic carbocycles. The quantitative estimate of drug-likeness (QED) is 0.516. The Kier molecular flexibility index (Phi) is 6.87. The molecule has 0 fully saturated rings. The van der Waals surface area contributed by atoms with Gasteiger partial charge in [-0.3, -0.25) is 11.3 Å². The number of halogens is 3. The summed E-state index contributed by atoms with van der Waals surface area (Å²) >= 11 is 0. The Labute approximate surface area is 88.1 Å². The molecule has 0 aliphatic heterocycles. The molecule has 0 aromatic rings. The van der Waals surface area contributed by atoms with Crippen LogP contribution in [0, 0.1) is 5.92 Å². The minimum atomic E-state index is -4.11. The number of hydrazine groups is 1. The van der Waals surface area contributed by atoms with Gasteiger partial charge >= 0.3 is 6.18 Å². The molecule has 6 heteroatoms. The van der Waals surface area contributed by atoms with Gasteiger partial charge in [0, 0.05) is 26.2 Å². The van der Waals surface area contributed by atoms with E-state index in [9.17, 15) is 13.2 Å². The van der Waals surface area contributed by atoms with Crippen LogP contribution in [-0.4, -0.2) is 25.9 Å². The lowest BCUT2D eigenvalue weighted by Crippen LogP contribution is -2.37. The molecule has 0 aliphatic rings. The smallest absolute Gasteiger partial charge is 0.384 e. The van der Waals surface area contributed by atoms with Gasteiger partial charge in [0.05, 0.1) is 0 Å². The van der Waals surface area contributed by atoms with Gasteiger partial charge in [0.2, 0.25) is 0 Å². The lowest BCUT2D eigenvalue weighted by molar-refractivity contribution is -0.136. The summed E-state index contributed by atoms with van der Waals surface area (Å²) in [6.45, 7) is 2.45. The summed E-state index contributed by atoms with van der Waals surface area (Å²) < 4.78 is 40.7. The van der Waals surface area contributed by atoms with Crippen molar-refractivity contribution in [3.05, 3.63) is 0 Å². The first-order valence-corrected chi connectivity index (χ1v) is 4.91. The minimum Gasteiger partial charge on any atom is -0.384 e. The van der Waals surface area contributed by atoms with Crippen molar-refractivity contribution in [2.75, 3.05) is 13.7 Å². The van der Waals surface area contributed by atoms with E-state index in [1.54, 1.807) is 7.11 Å². The first kappa shape index (κ1) is 14.7. The van der Waals surface area contributed by atoms with E-state index in [2.05, 4.69) is 5.43 Å². The van der Waals surface area contributed by atoms with Gasteiger partial charge in [-0.1, -0.05) is 6.92 Å². The molecule has 0 amide bonds. The number of alkyl halides is 3. The first-order chi connectivity index (χ1) is 6.89. The maximum absolute atomic E-state index is 11.9. The number of ether oxygens (including phenoxy) is 1. The van der Waals surface area contributed by atoms with E-state index in [1.807, 2.05) is 6.92 Å². The third kappa shape index (κ3) is 8.65. The molecule has 3 nitrogen and oxygen atoms in total. The van der Waals surface area contributed by atoms with Crippen LogP contribution < -0.4 is 11.3 Å². The summed E-state index contributed by atoms with van der Waals surface area (Å²) in [6, 6.07) is -0.309. The van der Waals surface area contributed by atoms with E-state index in [4.69, 9.17) is 10.6 Å². The average molecular weight is 228 g/mol. The number of rotatable bonds is 7. The van der Waals surface area contributed by atoms with Gasteiger partial charge in [0.15, 0.2) is 0 Å². The molecular formula is C9H19F3N2O. The van der Waals surface area contributed by atoms with Crippen molar-refractivity contribution in [3.8, 4) is 0 Å². The number of nitrogens with one attached hydrogen (secondary N) is 1. The second kappa shape index (κ2) is 7.03. The molecule has 0 spiro atoms. The molecule has 0 heterocycles. The standard InChI is InChI=1S/C9H19F3N2O/c1-7(6-15-2)5-8(14-13)3-4-9(10,11)12/h7-8,14H,3-6,13H2,1-2H3. The molecule has 2 atom stereocenters. The zero-order valence-corrected chi connectivity index (χ0v) is 9.10. The zero-order valence-electron chi connectivity index (χ0n) is 9.10. The van der Waals surface area contributed by atoms with E-state index >= 15 is 0 Å². The SMILES string of the molecule is COCC(C)CC(CCC(F)(F)F)NN. The number of hydrogen-bond donors (Lipinski definition) is 2. The van der Waals surface area contributed by atoms with Gasteiger partial charge < -0.3 is 4.74 Å². The van der Waals surface area contributed by atoms with Crippen LogP contribution in [0.4, 0.5) is 13.2 Å². The van der Waals surface area contributed by atoms with Crippen LogP contribution in [0.3, 0.4) is 0 Å². The van der Waals surface area contributed by atoms with E-state index in [0.29, 0.717) is 13.0 Å². The van der Waals surface area contributed by atoms with Gasteiger partial charge in [-0.15, -0.1) is 0 Å². The largest absolute Gasteiger partial charge is 0.389 e. The summed E-state index contributed by atoms with van der Waals surface area (Å²) in [5, 5.41) is 0. The zero-order chi connectivity index (χ0) is 11.9. The van der Waals surface area contributed by atoms with E-state index in [1.165, 1.54) is 0 Å². The van der Waals surface area contributed by atoms with Crippen LogP contribution in [0.25, 0.3) is 0 Å². The van der Waals surface area contributed by atoms with Crippen molar-refractivity contribution in [1.82, 2.24) is 5.43 Å². The molecule has 0 saturated carbocycles. The van der Waals surface area contributed by atoms with Crippen molar-refractivity contribution < 1.29 is 17.9 Å². The fraction of sp³-hybridized carbons (Fsp3) is 1.00. The fourth-order valence-corrected chi connectivity index (χ4v) is 1.45. The lowest BCUT2D eigenvalue weighted by atomic mass is 9.99. The molecule has 0 radical (unpaired) electrons. The highest BCUT2D eigenvalue weighted by Gasteiger charge is 2.28. The summed E-state index contributed by atoms with van der Waals surface area (Å²) in [5.41, 5.74) is 2.41. The Morgan fingerprint density at radius 3 is 2.40 bits per heavy atom. The van der Waals surface area contributed by atoms with Crippen molar-refractivity contribution in [1.29, 1.82) is 0 Å². The van der Waals surface area contributed by atoms with Crippen molar-refractivity contribution >= 4 is 0 Å². The highest BCUT2D eigenvalue weighted by atomic mass is 19.4. The summed E-state index contributed by atoms with van der Waals surface area (Å²) in [5.74, 6) is 5.39. The number of hydrogen-bond acceptors (Lipinski definition) is 3. The van der Waals surface area contributed by atoms with Crippen molar-refractivity contribution in [2.45, 2.75) is 38.4 Å². The average Bonchev–Trinajstić information content (AvgIpc) is 2.11. The molecule has 0 saturated heterocycles. The van der Waals surface area contributed by atoms with Crippen LogP contribution >= 0.6 is 0 Å². The van der Waals surface area contributed by atoms with Crippen LogP contribution in [-0.2, 0) is 4.74 Å². The monoisotopic (exact) mass is 228 g/mol. The van der Waals surface area contributed by atoms with Crippen LogP contribution in [0.2, 0.25) is 0 Å². The number of methoxy groups -OCH3 is 1. The van der Waals surface area contributed by atoms with Gasteiger partial charge in [-0.05, 0) is 18.8 Å². The Bertz CT molecular complexity index is 164. The van der Waals surface area contributed by atoms with E-state index in [-0.39, 0.29) is 18.4 Å². The second-order valence-corrected chi connectivity index (χ2v) is 3.81. The summed E-state index contributed by atoms with van der Waals surface area (Å²) in [7, 11) is 1.57. The van der Waals surface area contributed by atoms with Gasteiger partial charge in [0.1, 0.15) is 0 Å². The fourth-order valence-electron chi connectivity index (χ4n) is 1.45. The van der Waals surface area contributed by atoms with Gasteiger partial charge in [0.25, 0.3) is 0 Å². The Morgan fingerprint density at radius 1 is 1.40 bits per heavy atom. The normalized spacial score (nSPS) is 16.4. The van der Waals surface area contributed by atoms with Crippen LogP contribution in [0.5, 0.6) is 0 Å². The Hall–Kier alpha value is -0.330. The minimum absolute atomic E-state index is 0.00799. The lowest BCUT2D eigenvalue weighted by Gasteiger charge is -2.20. The van der Waals surface area contributed by atoms with E-state index < -0.39 is 12.6 Å². The van der Waals surface area contributed by atoms with E-state index in [0.717, 1.165) is 0 Å². The highest BCUT2D eigenvalue weighted by molar-refractivity contribution is 4.69. The van der Waals surface area contributed by atoms with Crippen molar-refractivity contribution in [3.63, 3.8) is 0 Å². The predicted molar refractivity (Wildman–Crippen MR) is 52.1 cm³/mol. The molecule has 3 N–H and O–H groups in total. The molecule has 92 valence electrons. The summed E-state index contributed by atoms with van der Waals surface area (Å²) in [4.78, 5) is 0. The highest BCUT2D eigenvalue weighted by Crippen LogP contribution is 2.23. The molecular weight excluding hydrogens is 209 g/mol. The van der Waals surface area contributed by atoms with Crippen molar-refractivity contribution in [2.24, 2.45) is 11.8 Å². The topological polar surface area (TPSA) is 47.3 Å². The predicted octanol–water partition coefficient (Wildman–Crippen LogP) is 1.83. The Balaban J connectivity index is 3.82. The maximum Gasteiger partial charge on any atom is 0.389 e. The third-order valence-corrected chi connectivity index (χ3v) is 2.15.